The van der Waals surface area contributed by atoms with Crippen LogP contribution in [0, 0.1) is 5.41 Å². The van der Waals surface area contributed by atoms with Crippen molar-refractivity contribution in [1.82, 2.24) is 9.80 Å². The minimum atomic E-state index is -0.122. The smallest absolute Gasteiger partial charge is 0.243 e. The first-order valence-corrected chi connectivity index (χ1v) is 11.9. The number of carbonyl (C=O) groups is 2. The summed E-state index contributed by atoms with van der Waals surface area (Å²) in [5, 5.41) is 2.79. The van der Waals surface area contributed by atoms with Crippen molar-refractivity contribution in [3.63, 3.8) is 0 Å². The molecule has 1 atom stereocenters. The first-order valence-electron chi connectivity index (χ1n) is 10.6. The molecule has 0 N–H and O–H groups in total. The zero-order valence-electron chi connectivity index (χ0n) is 17.9. The van der Waals surface area contributed by atoms with Crippen LogP contribution in [-0.2, 0) is 16.0 Å². The number of benzene rings is 1. The van der Waals surface area contributed by atoms with Gasteiger partial charge in [-0.3, -0.25) is 9.59 Å². The van der Waals surface area contributed by atoms with Gasteiger partial charge in [-0.1, -0.05) is 44.5 Å². The molecule has 0 radical (unpaired) electrons. The fraction of sp³-hybridized carbons (Fsp3) is 0.500. The summed E-state index contributed by atoms with van der Waals surface area (Å²) in [6.07, 6.45) is 3.32. The van der Waals surface area contributed by atoms with E-state index in [9.17, 15) is 9.59 Å². The van der Waals surface area contributed by atoms with Crippen LogP contribution >= 0.6 is 22.9 Å². The molecule has 1 unspecified atom stereocenters. The Balaban J connectivity index is 1.58. The predicted octanol–water partition coefficient (Wildman–Crippen LogP) is 5.30. The highest BCUT2D eigenvalue weighted by Crippen LogP contribution is 2.38. The third kappa shape index (κ3) is 4.73. The zero-order valence-corrected chi connectivity index (χ0v) is 19.4. The number of hydrogen-bond donors (Lipinski definition) is 0. The number of amides is 2. The Hall–Kier alpha value is -1.85. The Morgan fingerprint density at radius 1 is 1.17 bits per heavy atom. The normalized spacial score (nSPS) is 18.8. The summed E-state index contributed by atoms with van der Waals surface area (Å²) >= 11 is 7.86. The molecule has 0 saturated heterocycles. The van der Waals surface area contributed by atoms with Gasteiger partial charge in [-0.05, 0) is 59.4 Å². The molecular weight excluding hydrogens is 416 g/mol. The van der Waals surface area contributed by atoms with Gasteiger partial charge in [0.05, 0.1) is 6.04 Å². The van der Waals surface area contributed by atoms with Crippen molar-refractivity contribution >= 4 is 34.8 Å². The van der Waals surface area contributed by atoms with Crippen LogP contribution in [-0.4, -0.2) is 40.7 Å². The van der Waals surface area contributed by atoms with E-state index in [0.29, 0.717) is 18.0 Å². The number of fused-ring (bicyclic) bond motifs is 1. The number of hydrogen-bond acceptors (Lipinski definition) is 3. The third-order valence-electron chi connectivity index (χ3n) is 5.77. The number of halogens is 1. The van der Waals surface area contributed by atoms with Crippen LogP contribution in [0.15, 0.2) is 35.7 Å². The Kier molecular flexibility index (Phi) is 5.95. The molecule has 30 heavy (non-hydrogen) atoms. The third-order valence-corrected chi connectivity index (χ3v) is 7.02. The molecule has 2 aromatic rings. The van der Waals surface area contributed by atoms with Gasteiger partial charge in [-0.15, -0.1) is 11.3 Å². The molecule has 1 saturated carbocycles. The van der Waals surface area contributed by atoms with Crippen molar-refractivity contribution in [3.8, 4) is 0 Å². The van der Waals surface area contributed by atoms with Crippen LogP contribution in [0.25, 0.3) is 0 Å². The Labute approximate surface area is 187 Å². The average Bonchev–Trinajstić information content (AvgIpc) is 3.40. The lowest BCUT2D eigenvalue weighted by Crippen LogP contribution is -2.47. The number of rotatable bonds is 5. The van der Waals surface area contributed by atoms with Crippen molar-refractivity contribution in [3.05, 3.63) is 56.7 Å². The first kappa shape index (κ1) is 21.4. The summed E-state index contributed by atoms with van der Waals surface area (Å²) in [5.74, 6) is 0.121. The van der Waals surface area contributed by atoms with E-state index in [0.717, 1.165) is 24.8 Å². The molecule has 0 spiro atoms. The van der Waals surface area contributed by atoms with E-state index in [4.69, 9.17) is 11.6 Å². The molecule has 4 nitrogen and oxygen atoms in total. The second-order valence-electron chi connectivity index (χ2n) is 9.58. The lowest BCUT2D eigenvalue weighted by molar-refractivity contribution is -0.143. The zero-order chi connectivity index (χ0) is 21.5. The predicted molar refractivity (Wildman–Crippen MR) is 122 cm³/mol. The van der Waals surface area contributed by atoms with Gasteiger partial charge in [0.1, 0.15) is 6.54 Å². The highest BCUT2D eigenvalue weighted by molar-refractivity contribution is 7.10. The Bertz CT molecular complexity index is 927. The Morgan fingerprint density at radius 2 is 1.87 bits per heavy atom. The summed E-state index contributed by atoms with van der Waals surface area (Å²) in [7, 11) is 0. The molecule has 1 aromatic heterocycles. The maximum absolute atomic E-state index is 13.5. The van der Waals surface area contributed by atoms with Gasteiger partial charge < -0.3 is 9.80 Å². The van der Waals surface area contributed by atoms with Crippen LogP contribution < -0.4 is 0 Å². The van der Waals surface area contributed by atoms with Crippen LogP contribution in [0.4, 0.5) is 0 Å². The van der Waals surface area contributed by atoms with E-state index < -0.39 is 0 Å². The number of carbonyl (C=O) groups excluding carboxylic acids is 2. The molecule has 1 aliphatic heterocycles. The quantitative estimate of drug-likeness (QED) is 0.627. The first-order chi connectivity index (χ1) is 14.2. The van der Waals surface area contributed by atoms with E-state index in [1.54, 1.807) is 11.3 Å². The SMILES string of the molecule is CC(C)(C)CC(=O)N(CC(=O)N1CCc2sccc2C1c1ccc(Cl)cc1)C1CC1. The van der Waals surface area contributed by atoms with Gasteiger partial charge in [0.15, 0.2) is 0 Å². The fourth-order valence-electron chi connectivity index (χ4n) is 4.19. The fourth-order valence-corrected chi connectivity index (χ4v) is 5.22. The van der Waals surface area contributed by atoms with Crippen molar-refractivity contribution in [1.29, 1.82) is 0 Å². The molecule has 0 bridgehead atoms. The lowest BCUT2D eigenvalue weighted by atomic mass is 9.91. The van der Waals surface area contributed by atoms with Crippen molar-refractivity contribution in [2.24, 2.45) is 5.41 Å². The van der Waals surface area contributed by atoms with E-state index in [1.165, 1.54) is 10.4 Å². The molecule has 1 aliphatic carbocycles. The van der Waals surface area contributed by atoms with E-state index in [2.05, 4.69) is 32.2 Å². The molecule has 2 amide bonds. The second-order valence-corrected chi connectivity index (χ2v) is 11.0. The van der Waals surface area contributed by atoms with Gasteiger partial charge >= 0.3 is 0 Å². The van der Waals surface area contributed by atoms with Crippen LogP contribution in [0.2, 0.25) is 5.02 Å². The van der Waals surface area contributed by atoms with Gasteiger partial charge in [0.25, 0.3) is 0 Å². The summed E-state index contributed by atoms with van der Waals surface area (Å²) in [6, 6.07) is 9.99. The summed E-state index contributed by atoms with van der Waals surface area (Å²) in [4.78, 5) is 31.6. The van der Waals surface area contributed by atoms with Crippen LogP contribution in [0.5, 0.6) is 0 Å². The van der Waals surface area contributed by atoms with Gasteiger partial charge in [0, 0.05) is 28.9 Å². The van der Waals surface area contributed by atoms with Crippen molar-refractivity contribution in [2.75, 3.05) is 13.1 Å². The lowest BCUT2D eigenvalue weighted by Gasteiger charge is -2.38. The summed E-state index contributed by atoms with van der Waals surface area (Å²) < 4.78 is 0. The van der Waals surface area contributed by atoms with Gasteiger partial charge in [-0.2, -0.15) is 0 Å². The molecule has 1 aromatic carbocycles. The largest absolute Gasteiger partial charge is 0.330 e. The molecule has 2 aliphatic rings. The minimum absolute atomic E-state index is 0.0287. The van der Waals surface area contributed by atoms with Crippen molar-refractivity contribution < 1.29 is 9.59 Å². The Morgan fingerprint density at radius 3 is 2.50 bits per heavy atom. The number of nitrogens with zero attached hydrogens (tertiary/aromatic N) is 2. The topological polar surface area (TPSA) is 40.6 Å². The van der Waals surface area contributed by atoms with Crippen molar-refractivity contribution in [2.45, 2.75) is 58.5 Å². The molecule has 6 heteroatoms. The molecule has 2 heterocycles. The summed E-state index contributed by atoms with van der Waals surface area (Å²) in [5.41, 5.74) is 2.17. The maximum Gasteiger partial charge on any atom is 0.243 e. The molecule has 1 fully saturated rings. The number of thiophene rings is 1. The molecule has 160 valence electrons. The molecule has 4 rings (SSSR count). The van der Waals surface area contributed by atoms with Crippen LogP contribution in [0.1, 0.15) is 62.1 Å². The van der Waals surface area contributed by atoms with Gasteiger partial charge in [-0.25, -0.2) is 0 Å². The van der Waals surface area contributed by atoms with E-state index >= 15 is 0 Å². The van der Waals surface area contributed by atoms with E-state index in [-0.39, 0.29) is 35.9 Å². The molecular formula is C24H29ClN2O2S. The highest BCUT2D eigenvalue weighted by atomic mass is 35.5. The van der Waals surface area contributed by atoms with E-state index in [1.807, 2.05) is 34.1 Å². The summed E-state index contributed by atoms with van der Waals surface area (Å²) in [6.45, 7) is 7.04. The maximum atomic E-state index is 13.5. The average molecular weight is 445 g/mol. The highest BCUT2D eigenvalue weighted by Gasteiger charge is 2.38. The standard InChI is InChI=1S/C24H29ClN2O2S/c1-24(2,3)14-21(28)27(18-8-9-18)15-22(29)26-12-10-20-19(11-13-30-20)23(26)16-4-6-17(25)7-5-16/h4-7,11,13,18,23H,8-10,12,14-15H2,1-3H3. The van der Waals surface area contributed by atoms with Gasteiger partial charge in [0.2, 0.25) is 11.8 Å². The van der Waals surface area contributed by atoms with Crippen LogP contribution in [0.3, 0.4) is 0 Å². The minimum Gasteiger partial charge on any atom is -0.330 e. The second kappa shape index (κ2) is 8.35. The monoisotopic (exact) mass is 444 g/mol.